The molecule has 1 aromatic heterocycles. The summed E-state index contributed by atoms with van der Waals surface area (Å²) < 4.78 is 39.0. The first-order valence-corrected chi connectivity index (χ1v) is 8.45. The van der Waals surface area contributed by atoms with Gasteiger partial charge in [-0.25, -0.2) is 0 Å². The highest BCUT2D eigenvalue weighted by atomic mass is 32.2. The predicted octanol–water partition coefficient (Wildman–Crippen LogP) is 0.112. The molecular formula is C13H19N3O4S. The van der Waals surface area contributed by atoms with E-state index in [1.807, 2.05) is 6.07 Å². The third-order valence-electron chi connectivity index (χ3n) is 3.67. The van der Waals surface area contributed by atoms with E-state index < -0.39 is 10.2 Å². The average Bonchev–Trinajstić information content (AvgIpc) is 2.98. The van der Waals surface area contributed by atoms with Crippen LogP contribution in [-0.4, -0.2) is 67.5 Å². The van der Waals surface area contributed by atoms with E-state index in [1.165, 1.54) is 8.61 Å². The van der Waals surface area contributed by atoms with Crippen molar-refractivity contribution in [2.75, 3.05) is 39.4 Å². The van der Waals surface area contributed by atoms with Gasteiger partial charge in [0.15, 0.2) is 0 Å². The number of morpholine rings is 1. The lowest BCUT2D eigenvalue weighted by Gasteiger charge is -2.30. The molecule has 21 heavy (non-hydrogen) atoms. The Balaban J connectivity index is 1.61. The quantitative estimate of drug-likeness (QED) is 0.789. The molecule has 116 valence electrons. The first kappa shape index (κ1) is 14.7. The van der Waals surface area contributed by atoms with Crippen molar-refractivity contribution in [3.8, 4) is 5.75 Å². The van der Waals surface area contributed by atoms with Crippen LogP contribution in [0.3, 0.4) is 0 Å². The normalized spacial score (nSPS) is 25.0. The van der Waals surface area contributed by atoms with Gasteiger partial charge in [0.05, 0.1) is 26.0 Å². The van der Waals surface area contributed by atoms with Crippen LogP contribution in [0.15, 0.2) is 24.5 Å². The van der Waals surface area contributed by atoms with Crippen LogP contribution >= 0.6 is 0 Å². The van der Waals surface area contributed by atoms with Gasteiger partial charge < -0.3 is 9.47 Å². The molecule has 0 bridgehead atoms. The van der Waals surface area contributed by atoms with Gasteiger partial charge in [-0.15, -0.1) is 0 Å². The summed E-state index contributed by atoms with van der Waals surface area (Å²) in [5.41, 5.74) is 0. The van der Waals surface area contributed by atoms with Gasteiger partial charge in [0.1, 0.15) is 11.9 Å². The summed E-state index contributed by atoms with van der Waals surface area (Å²) in [6, 6.07) is 3.62. The molecule has 2 aliphatic rings. The van der Waals surface area contributed by atoms with Crippen LogP contribution in [0, 0.1) is 0 Å². The van der Waals surface area contributed by atoms with Crippen LogP contribution in [0.5, 0.6) is 5.75 Å². The molecule has 3 rings (SSSR count). The van der Waals surface area contributed by atoms with E-state index in [2.05, 4.69) is 4.98 Å². The third-order valence-corrected chi connectivity index (χ3v) is 5.67. The Morgan fingerprint density at radius 2 is 2.05 bits per heavy atom. The van der Waals surface area contributed by atoms with Crippen molar-refractivity contribution in [3.05, 3.63) is 24.5 Å². The minimum absolute atomic E-state index is 0.120. The number of aromatic nitrogens is 1. The summed E-state index contributed by atoms with van der Waals surface area (Å²) in [7, 11) is -3.40. The number of pyridine rings is 1. The molecule has 3 heterocycles. The largest absolute Gasteiger partial charge is 0.487 e. The summed E-state index contributed by atoms with van der Waals surface area (Å²) in [5, 5.41) is 0. The van der Waals surface area contributed by atoms with Crippen LogP contribution in [-0.2, 0) is 14.9 Å². The molecule has 0 amide bonds. The van der Waals surface area contributed by atoms with Gasteiger partial charge >= 0.3 is 0 Å². The summed E-state index contributed by atoms with van der Waals surface area (Å²) in [4.78, 5) is 3.99. The lowest BCUT2D eigenvalue weighted by Crippen LogP contribution is -2.48. The zero-order valence-electron chi connectivity index (χ0n) is 11.7. The van der Waals surface area contributed by atoms with Crippen LogP contribution < -0.4 is 4.74 Å². The molecule has 2 fully saturated rings. The third kappa shape index (κ3) is 3.34. The van der Waals surface area contributed by atoms with Crippen molar-refractivity contribution in [1.29, 1.82) is 0 Å². The molecule has 7 nitrogen and oxygen atoms in total. The zero-order chi connectivity index (χ0) is 14.7. The molecular weight excluding hydrogens is 294 g/mol. The van der Waals surface area contributed by atoms with E-state index >= 15 is 0 Å². The SMILES string of the molecule is O=S(=O)(N1CCOCC1)N1CC[C@@H](Oc2cccnc2)C1. The first-order valence-electron chi connectivity index (χ1n) is 7.06. The number of ether oxygens (including phenoxy) is 2. The molecule has 0 aliphatic carbocycles. The molecule has 8 heteroatoms. The molecule has 0 spiro atoms. The van der Waals surface area contributed by atoms with E-state index in [-0.39, 0.29) is 6.10 Å². The van der Waals surface area contributed by atoms with Crippen molar-refractivity contribution in [2.24, 2.45) is 0 Å². The van der Waals surface area contributed by atoms with Crippen LogP contribution in [0.25, 0.3) is 0 Å². The molecule has 2 saturated heterocycles. The van der Waals surface area contributed by atoms with Gasteiger partial charge in [-0.2, -0.15) is 17.0 Å². The van der Waals surface area contributed by atoms with E-state index in [4.69, 9.17) is 9.47 Å². The molecule has 0 N–H and O–H groups in total. The second kappa shape index (κ2) is 6.27. The topological polar surface area (TPSA) is 72.0 Å². The first-order chi connectivity index (χ1) is 10.2. The van der Waals surface area contributed by atoms with Crippen molar-refractivity contribution in [2.45, 2.75) is 12.5 Å². The van der Waals surface area contributed by atoms with Gasteiger partial charge in [-0.1, -0.05) is 0 Å². The highest BCUT2D eigenvalue weighted by Crippen LogP contribution is 2.21. The minimum Gasteiger partial charge on any atom is -0.487 e. The number of hydrogen-bond acceptors (Lipinski definition) is 5. The van der Waals surface area contributed by atoms with Crippen molar-refractivity contribution < 1.29 is 17.9 Å². The standard InChI is InChI=1S/C13H19N3O4S/c17-21(18,15-6-8-19-9-7-15)16-5-3-13(11-16)20-12-2-1-4-14-10-12/h1-2,4,10,13H,3,5-9,11H2/t13-/m1/s1. The Labute approximate surface area is 124 Å². The minimum atomic E-state index is -3.40. The fourth-order valence-electron chi connectivity index (χ4n) is 2.55. The average molecular weight is 313 g/mol. The van der Waals surface area contributed by atoms with Gasteiger partial charge in [0.25, 0.3) is 10.2 Å². The molecule has 2 aliphatic heterocycles. The Hall–Kier alpha value is -1.22. The maximum absolute atomic E-state index is 12.5. The highest BCUT2D eigenvalue weighted by Gasteiger charge is 2.37. The van der Waals surface area contributed by atoms with Crippen molar-refractivity contribution in [3.63, 3.8) is 0 Å². The van der Waals surface area contributed by atoms with E-state index in [1.54, 1.807) is 18.5 Å². The van der Waals surface area contributed by atoms with E-state index in [0.29, 0.717) is 51.6 Å². The van der Waals surface area contributed by atoms with E-state index in [9.17, 15) is 8.42 Å². The molecule has 1 aromatic rings. The molecule has 0 radical (unpaired) electrons. The highest BCUT2D eigenvalue weighted by molar-refractivity contribution is 7.86. The van der Waals surface area contributed by atoms with Crippen LogP contribution in [0.1, 0.15) is 6.42 Å². The predicted molar refractivity (Wildman–Crippen MR) is 76.2 cm³/mol. The zero-order valence-corrected chi connectivity index (χ0v) is 12.5. The molecule has 0 aromatic carbocycles. The van der Waals surface area contributed by atoms with Gasteiger partial charge in [0, 0.05) is 25.8 Å². The van der Waals surface area contributed by atoms with Crippen LogP contribution in [0.2, 0.25) is 0 Å². The number of rotatable bonds is 4. The summed E-state index contributed by atoms with van der Waals surface area (Å²) >= 11 is 0. The number of hydrogen-bond donors (Lipinski definition) is 0. The Bertz CT molecular complexity index is 560. The summed E-state index contributed by atoms with van der Waals surface area (Å²) in [5.74, 6) is 0.674. The fourth-order valence-corrected chi connectivity index (χ4v) is 4.18. The monoisotopic (exact) mass is 313 g/mol. The second-order valence-electron chi connectivity index (χ2n) is 5.09. The number of nitrogens with zero attached hydrogens (tertiary/aromatic N) is 3. The van der Waals surface area contributed by atoms with Gasteiger partial charge in [-0.05, 0) is 18.6 Å². The smallest absolute Gasteiger partial charge is 0.282 e. The molecule has 0 saturated carbocycles. The summed E-state index contributed by atoms with van der Waals surface area (Å²) in [6.45, 7) is 2.64. The fraction of sp³-hybridized carbons (Fsp3) is 0.615. The maximum atomic E-state index is 12.5. The Kier molecular flexibility index (Phi) is 4.39. The molecule has 1 atom stereocenters. The van der Waals surface area contributed by atoms with Gasteiger partial charge in [0.2, 0.25) is 0 Å². The second-order valence-corrected chi connectivity index (χ2v) is 7.02. The van der Waals surface area contributed by atoms with Crippen molar-refractivity contribution >= 4 is 10.2 Å². The van der Waals surface area contributed by atoms with E-state index in [0.717, 1.165) is 0 Å². The lowest BCUT2D eigenvalue weighted by molar-refractivity contribution is 0.0704. The van der Waals surface area contributed by atoms with Crippen molar-refractivity contribution in [1.82, 2.24) is 13.6 Å². The lowest BCUT2D eigenvalue weighted by atomic mass is 10.3. The maximum Gasteiger partial charge on any atom is 0.282 e. The van der Waals surface area contributed by atoms with Gasteiger partial charge in [-0.3, -0.25) is 4.98 Å². The molecule has 0 unspecified atom stereocenters. The van der Waals surface area contributed by atoms with Crippen LogP contribution in [0.4, 0.5) is 0 Å². The Morgan fingerprint density at radius 3 is 2.76 bits per heavy atom. The summed E-state index contributed by atoms with van der Waals surface area (Å²) in [6.07, 6.45) is 3.89. The Morgan fingerprint density at radius 1 is 1.24 bits per heavy atom.